The molecule has 2 rings (SSSR count). The summed E-state index contributed by atoms with van der Waals surface area (Å²) in [6, 6.07) is 3.26. The van der Waals surface area contributed by atoms with Crippen LogP contribution in [0.15, 0.2) is 21.7 Å². The van der Waals surface area contributed by atoms with Crippen LogP contribution >= 0.6 is 15.9 Å². The quantitative estimate of drug-likeness (QED) is 0.293. The number of rotatable bonds is 9. The van der Waals surface area contributed by atoms with E-state index in [0.717, 1.165) is 0 Å². The fourth-order valence-electron chi connectivity index (χ4n) is 2.71. The van der Waals surface area contributed by atoms with Crippen LogP contribution in [0.4, 0.5) is 0 Å². The second-order valence-corrected chi connectivity index (χ2v) is 7.88. The standard InChI is InChI=1S/C21H29BrN4O6/c1-4-14(3)24-20(28)21(29)25-23-12-15-10-16(22)19(17(11-15)31-5-2)32-13-18(27)26-6-8-30-9-7-26/h10-12,14H,4-9,13H2,1-3H3,(H,24,28)(H,25,29)/b23-12-/t14-/m1/s1. The fraction of sp³-hybridized carbons (Fsp3) is 0.524. The number of amides is 3. The van der Waals surface area contributed by atoms with E-state index in [4.69, 9.17) is 14.2 Å². The molecule has 2 N–H and O–H groups in total. The molecule has 1 aromatic rings. The number of halogens is 1. The largest absolute Gasteiger partial charge is 0.490 e. The highest BCUT2D eigenvalue weighted by molar-refractivity contribution is 9.10. The van der Waals surface area contributed by atoms with Gasteiger partial charge >= 0.3 is 11.8 Å². The van der Waals surface area contributed by atoms with Gasteiger partial charge in [-0.2, -0.15) is 5.10 Å². The van der Waals surface area contributed by atoms with Crippen molar-refractivity contribution in [3.63, 3.8) is 0 Å². The minimum atomic E-state index is -0.854. The average Bonchev–Trinajstić information content (AvgIpc) is 2.78. The number of carbonyl (C=O) groups excluding carboxylic acids is 3. The Morgan fingerprint density at radius 1 is 1.22 bits per heavy atom. The monoisotopic (exact) mass is 512 g/mol. The van der Waals surface area contributed by atoms with Crippen LogP contribution in [0.25, 0.3) is 0 Å². The van der Waals surface area contributed by atoms with Crippen LogP contribution in [0, 0.1) is 0 Å². The van der Waals surface area contributed by atoms with Crippen LogP contribution in [-0.2, 0) is 19.1 Å². The lowest BCUT2D eigenvalue weighted by Crippen LogP contribution is -2.43. The molecule has 1 heterocycles. The Hall–Kier alpha value is -2.66. The molecule has 11 heteroatoms. The molecular weight excluding hydrogens is 484 g/mol. The van der Waals surface area contributed by atoms with Gasteiger partial charge in [-0.3, -0.25) is 14.4 Å². The van der Waals surface area contributed by atoms with Crippen molar-refractivity contribution in [3.05, 3.63) is 22.2 Å². The number of ether oxygens (including phenoxy) is 3. The molecule has 0 saturated carbocycles. The summed E-state index contributed by atoms with van der Waals surface area (Å²) in [5, 5.41) is 6.39. The maximum Gasteiger partial charge on any atom is 0.329 e. The molecule has 1 aliphatic heterocycles. The normalized spacial score (nSPS) is 14.7. The lowest BCUT2D eigenvalue weighted by molar-refractivity contribution is -0.139. The topological polar surface area (TPSA) is 119 Å². The summed E-state index contributed by atoms with van der Waals surface area (Å²) in [7, 11) is 0. The molecule has 176 valence electrons. The van der Waals surface area contributed by atoms with Gasteiger partial charge in [0, 0.05) is 19.1 Å². The first-order chi connectivity index (χ1) is 15.3. The molecule has 32 heavy (non-hydrogen) atoms. The van der Waals surface area contributed by atoms with Crippen LogP contribution in [0.3, 0.4) is 0 Å². The molecule has 1 saturated heterocycles. The van der Waals surface area contributed by atoms with E-state index in [0.29, 0.717) is 60.9 Å². The maximum absolute atomic E-state index is 12.4. The van der Waals surface area contributed by atoms with Gasteiger partial charge in [0.05, 0.1) is 30.5 Å². The summed E-state index contributed by atoms with van der Waals surface area (Å²) in [5.41, 5.74) is 2.79. The predicted octanol–water partition coefficient (Wildman–Crippen LogP) is 1.45. The van der Waals surface area contributed by atoms with Crippen molar-refractivity contribution in [1.82, 2.24) is 15.6 Å². The Morgan fingerprint density at radius 2 is 1.94 bits per heavy atom. The second kappa shape index (κ2) is 13.0. The van der Waals surface area contributed by atoms with Gasteiger partial charge in [-0.15, -0.1) is 0 Å². The molecule has 0 bridgehead atoms. The summed E-state index contributed by atoms with van der Waals surface area (Å²) >= 11 is 3.43. The lowest BCUT2D eigenvalue weighted by Gasteiger charge is -2.27. The first-order valence-corrected chi connectivity index (χ1v) is 11.2. The van der Waals surface area contributed by atoms with Gasteiger partial charge in [-0.1, -0.05) is 6.92 Å². The van der Waals surface area contributed by atoms with Crippen molar-refractivity contribution in [3.8, 4) is 11.5 Å². The molecule has 1 aliphatic rings. The maximum atomic E-state index is 12.4. The van der Waals surface area contributed by atoms with Crippen LogP contribution in [0.5, 0.6) is 11.5 Å². The number of benzene rings is 1. The lowest BCUT2D eigenvalue weighted by atomic mass is 10.2. The fourth-order valence-corrected chi connectivity index (χ4v) is 3.29. The summed E-state index contributed by atoms with van der Waals surface area (Å²) in [6.07, 6.45) is 2.09. The number of hydrogen-bond acceptors (Lipinski definition) is 7. The molecule has 0 aliphatic carbocycles. The summed E-state index contributed by atoms with van der Waals surface area (Å²) in [5.74, 6) is -0.929. The van der Waals surface area contributed by atoms with Gasteiger partial charge in [0.15, 0.2) is 18.1 Å². The molecule has 1 fully saturated rings. The number of nitrogens with one attached hydrogen (secondary N) is 2. The zero-order valence-electron chi connectivity index (χ0n) is 18.5. The van der Waals surface area contributed by atoms with E-state index in [1.54, 1.807) is 24.0 Å². The summed E-state index contributed by atoms with van der Waals surface area (Å²) in [6.45, 7) is 7.90. The average molecular weight is 513 g/mol. The van der Waals surface area contributed by atoms with E-state index in [9.17, 15) is 14.4 Å². The third kappa shape index (κ3) is 7.79. The summed E-state index contributed by atoms with van der Waals surface area (Å²) < 4.78 is 17.2. The van der Waals surface area contributed by atoms with Crippen molar-refractivity contribution >= 4 is 39.9 Å². The molecule has 1 atom stereocenters. The molecule has 3 amide bonds. The third-order valence-corrected chi connectivity index (χ3v) is 5.20. The smallest absolute Gasteiger partial charge is 0.329 e. The van der Waals surface area contributed by atoms with Crippen LogP contribution < -0.4 is 20.2 Å². The minimum Gasteiger partial charge on any atom is -0.490 e. The second-order valence-electron chi connectivity index (χ2n) is 7.03. The van der Waals surface area contributed by atoms with E-state index in [2.05, 4.69) is 31.8 Å². The first-order valence-electron chi connectivity index (χ1n) is 10.4. The zero-order chi connectivity index (χ0) is 23.5. The Morgan fingerprint density at radius 3 is 2.59 bits per heavy atom. The molecule has 1 aromatic carbocycles. The van der Waals surface area contributed by atoms with E-state index < -0.39 is 11.8 Å². The number of carbonyl (C=O) groups is 3. The zero-order valence-corrected chi connectivity index (χ0v) is 20.1. The third-order valence-electron chi connectivity index (χ3n) is 4.61. The number of nitrogens with zero attached hydrogens (tertiary/aromatic N) is 2. The van der Waals surface area contributed by atoms with E-state index in [1.165, 1.54) is 6.21 Å². The van der Waals surface area contributed by atoms with Crippen LogP contribution in [0.2, 0.25) is 0 Å². The van der Waals surface area contributed by atoms with Gasteiger partial charge in [0.25, 0.3) is 5.91 Å². The highest BCUT2D eigenvalue weighted by Gasteiger charge is 2.20. The Balaban J connectivity index is 2.02. The Kier molecular flexibility index (Phi) is 10.4. The molecule has 0 radical (unpaired) electrons. The minimum absolute atomic E-state index is 0.107. The Bertz CT molecular complexity index is 842. The first kappa shape index (κ1) is 25.6. The highest BCUT2D eigenvalue weighted by atomic mass is 79.9. The van der Waals surface area contributed by atoms with Gasteiger partial charge in [0.2, 0.25) is 0 Å². The number of hydrazone groups is 1. The van der Waals surface area contributed by atoms with Crippen molar-refractivity contribution in [2.24, 2.45) is 5.10 Å². The number of morpholine rings is 1. The molecule has 0 unspecified atom stereocenters. The van der Waals surface area contributed by atoms with Crippen LogP contribution in [-0.4, -0.2) is 74.4 Å². The van der Waals surface area contributed by atoms with Gasteiger partial charge in [-0.05, 0) is 53.9 Å². The molecule has 0 aromatic heterocycles. The SMILES string of the molecule is CCOc1cc(/C=N\NC(=O)C(=O)N[C@H](C)CC)cc(Br)c1OCC(=O)N1CCOCC1. The van der Waals surface area contributed by atoms with Gasteiger partial charge in [-0.25, -0.2) is 5.43 Å². The van der Waals surface area contributed by atoms with Gasteiger partial charge in [0.1, 0.15) is 0 Å². The highest BCUT2D eigenvalue weighted by Crippen LogP contribution is 2.36. The molecule has 10 nitrogen and oxygen atoms in total. The summed E-state index contributed by atoms with van der Waals surface area (Å²) in [4.78, 5) is 37.6. The van der Waals surface area contributed by atoms with Crippen molar-refractivity contribution in [2.45, 2.75) is 33.2 Å². The van der Waals surface area contributed by atoms with E-state index in [1.807, 2.05) is 13.8 Å². The Labute approximate surface area is 195 Å². The van der Waals surface area contributed by atoms with E-state index in [-0.39, 0.29) is 18.6 Å². The van der Waals surface area contributed by atoms with Crippen molar-refractivity contribution < 1.29 is 28.6 Å². The van der Waals surface area contributed by atoms with Crippen molar-refractivity contribution in [1.29, 1.82) is 0 Å². The van der Waals surface area contributed by atoms with Crippen molar-refractivity contribution in [2.75, 3.05) is 39.5 Å². The molecule has 0 spiro atoms. The van der Waals surface area contributed by atoms with Crippen LogP contribution in [0.1, 0.15) is 32.8 Å². The predicted molar refractivity (Wildman–Crippen MR) is 122 cm³/mol. The van der Waals surface area contributed by atoms with E-state index >= 15 is 0 Å². The van der Waals surface area contributed by atoms with Gasteiger partial charge < -0.3 is 24.4 Å². The number of hydrogen-bond donors (Lipinski definition) is 2. The molecular formula is C21H29BrN4O6.